The number of carbonyl (C=O) groups is 1. The van der Waals surface area contributed by atoms with Crippen LogP contribution in [0.4, 0.5) is 0 Å². The molecule has 0 atom stereocenters. The van der Waals surface area contributed by atoms with Crippen molar-refractivity contribution in [2.45, 2.75) is 0 Å². The number of nitrogens with zero attached hydrogens (tertiary/aromatic N) is 4. The number of hydrogen-bond donors (Lipinski definition) is 1. The number of rotatable bonds is 3. The van der Waals surface area contributed by atoms with Crippen LogP contribution >= 0.6 is 11.5 Å². The van der Waals surface area contributed by atoms with Gasteiger partial charge in [0.25, 0.3) is 5.91 Å². The number of ether oxygens (including phenoxy) is 1. The third-order valence-corrected chi connectivity index (χ3v) is 4.56. The van der Waals surface area contributed by atoms with E-state index in [0.29, 0.717) is 11.3 Å². The van der Waals surface area contributed by atoms with E-state index in [1.807, 2.05) is 42.1 Å². The summed E-state index contributed by atoms with van der Waals surface area (Å²) < 4.78 is 11.3. The monoisotopic (exact) mass is 339 g/mol. The topological polar surface area (TPSA) is 81.4 Å². The van der Waals surface area contributed by atoms with Crippen molar-refractivity contribution < 1.29 is 9.53 Å². The molecule has 1 amide bonds. The predicted molar refractivity (Wildman–Crippen MR) is 92.0 cm³/mol. The third-order valence-electron chi connectivity index (χ3n) is 3.89. The first-order valence-electron chi connectivity index (χ1n) is 7.19. The van der Waals surface area contributed by atoms with Crippen molar-refractivity contribution in [2.24, 2.45) is 12.1 Å². The molecule has 0 spiro atoms. The van der Waals surface area contributed by atoms with Crippen molar-refractivity contribution in [1.82, 2.24) is 19.6 Å². The second-order valence-corrected chi connectivity index (χ2v) is 6.08. The highest BCUT2D eigenvalue weighted by molar-refractivity contribution is 7.08. The molecule has 1 aromatic carbocycles. The summed E-state index contributed by atoms with van der Waals surface area (Å²) in [4.78, 5) is 13.0. The molecule has 4 rings (SSSR count). The lowest BCUT2D eigenvalue weighted by Crippen LogP contribution is -2.13. The molecule has 0 fully saturated rings. The molecule has 0 radical (unpaired) electrons. The molecule has 1 aliphatic heterocycles. The fourth-order valence-electron chi connectivity index (χ4n) is 2.81. The van der Waals surface area contributed by atoms with Crippen LogP contribution in [0.1, 0.15) is 10.4 Å². The van der Waals surface area contributed by atoms with Crippen molar-refractivity contribution >= 4 is 40.1 Å². The number of hydrazone groups is 1. The van der Waals surface area contributed by atoms with Crippen LogP contribution in [0, 0.1) is 0 Å². The Kier molecular flexibility index (Phi) is 3.39. The average molecular weight is 339 g/mol. The average Bonchev–Trinajstić information content (AvgIpc) is 3.30. The van der Waals surface area contributed by atoms with E-state index in [9.17, 15) is 4.79 Å². The molecule has 120 valence electrons. The number of hydrogen-bond acceptors (Lipinski definition) is 6. The highest BCUT2D eigenvalue weighted by Crippen LogP contribution is 2.32. The van der Waals surface area contributed by atoms with E-state index < -0.39 is 0 Å². The molecule has 2 aromatic heterocycles. The van der Waals surface area contributed by atoms with Crippen LogP contribution in [0.25, 0.3) is 17.0 Å². The van der Waals surface area contributed by atoms with Gasteiger partial charge in [-0.3, -0.25) is 4.79 Å². The minimum absolute atomic E-state index is 0.245. The van der Waals surface area contributed by atoms with Crippen molar-refractivity contribution in [3.63, 3.8) is 0 Å². The minimum Gasteiger partial charge on any atom is -0.496 e. The fraction of sp³-hybridized carbons (Fsp3) is 0.125. The first kappa shape index (κ1) is 14.6. The number of amides is 1. The summed E-state index contributed by atoms with van der Waals surface area (Å²) >= 11 is 1.20. The second kappa shape index (κ2) is 5.57. The number of aromatic nitrogens is 3. The SMILES string of the molecule is COc1cccc2c1c(/C=C1\C(=O)NN=C1c1cnns1)cn2C. The van der Waals surface area contributed by atoms with E-state index in [-0.39, 0.29) is 5.91 Å². The lowest BCUT2D eigenvalue weighted by atomic mass is 10.0. The van der Waals surface area contributed by atoms with Crippen LogP contribution in [-0.4, -0.2) is 32.9 Å². The Balaban J connectivity index is 1.90. The molecule has 0 aliphatic carbocycles. The summed E-state index contributed by atoms with van der Waals surface area (Å²) in [6, 6.07) is 5.86. The standard InChI is InChI=1S/C16H13N5O2S/c1-21-8-9(14-11(21)4-3-5-12(14)23-2)6-10-15(18-19-16(10)22)13-7-17-20-24-13/h3-8H,1-2H3,(H,19,22)/b10-6-. The summed E-state index contributed by atoms with van der Waals surface area (Å²) in [5.74, 6) is 0.515. The molecule has 1 N–H and O–H groups in total. The Morgan fingerprint density at radius 2 is 2.25 bits per heavy atom. The van der Waals surface area contributed by atoms with Crippen LogP contribution in [0.2, 0.25) is 0 Å². The van der Waals surface area contributed by atoms with Crippen LogP contribution in [0.15, 0.2) is 41.3 Å². The maximum Gasteiger partial charge on any atom is 0.273 e. The Labute approximate surface area is 141 Å². The van der Waals surface area contributed by atoms with E-state index in [4.69, 9.17) is 4.74 Å². The molecule has 0 bridgehead atoms. The first-order valence-corrected chi connectivity index (χ1v) is 7.96. The minimum atomic E-state index is -0.245. The van der Waals surface area contributed by atoms with Gasteiger partial charge in [-0.05, 0) is 29.7 Å². The van der Waals surface area contributed by atoms with Gasteiger partial charge in [0.05, 0.1) is 29.3 Å². The van der Waals surface area contributed by atoms with Crippen LogP contribution in [0.5, 0.6) is 5.75 Å². The Morgan fingerprint density at radius 3 is 3.00 bits per heavy atom. The molecule has 0 unspecified atom stereocenters. The van der Waals surface area contributed by atoms with Gasteiger partial charge in [0.2, 0.25) is 0 Å². The number of nitrogens with one attached hydrogen (secondary N) is 1. The number of fused-ring (bicyclic) bond motifs is 1. The van der Waals surface area contributed by atoms with Gasteiger partial charge < -0.3 is 9.30 Å². The first-order chi connectivity index (χ1) is 11.7. The van der Waals surface area contributed by atoms with Gasteiger partial charge in [0.1, 0.15) is 11.5 Å². The predicted octanol–water partition coefficient (Wildman–Crippen LogP) is 1.96. The van der Waals surface area contributed by atoms with E-state index in [1.54, 1.807) is 13.3 Å². The largest absolute Gasteiger partial charge is 0.496 e. The quantitative estimate of drug-likeness (QED) is 0.740. The summed E-state index contributed by atoms with van der Waals surface area (Å²) in [5.41, 5.74) is 5.46. The summed E-state index contributed by atoms with van der Waals surface area (Å²) in [6.07, 6.45) is 5.39. The zero-order valence-corrected chi connectivity index (χ0v) is 13.8. The smallest absolute Gasteiger partial charge is 0.273 e. The molecule has 7 nitrogen and oxygen atoms in total. The van der Waals surface area contributed by atoms with Crippen molar-refractivity contribution in [2.75, 3.05) is 7.11 Å². The Hall–Kier alpha value is -3.00. The zero-order valence-electron chi connectivity index (χ0n) is 13.0. The lowest BCUT2D eigenvalue weighted by molar-refractivity contribution is -0.116. The fourth-order valence-corrected chi connectivity index (χ4v) is 3.33. The summed E-state index contributed by atoms with van der Waals surface area (Å²) in [5, 5.41) is 8.87. The van der Waals surface area contributed by atoms with Crippen molar-refractivity contribution in [1.29, 1.82) is 0 Å². The van der Waals surface area contributed by atoms with Gasteiger partial charge in [-0.1, -0.05) is 10.6 Å². The van der Waals surface area contributed by atoms with Gasteiger partial charge in [-0.2, -0.15) is 5.10 Å². The molecular formula is C16H13N5O2S. The number of carbonyl (C=O) groups excluding carboxylic acids is 1. The Bertz CT molecular complexity index is 1000. The van der Waals surface area contributed by atoms with E-state index >= 15 is 0 Å². The third kappa shape index (κ3) is 2.19. The normalized spacial score (nSPS) is 15.8. The number of methoxy groups -OCH3 is 1. The van der Waals surface area contributed by atoms with E-state index in [2.05, 4.69) is 20.1 Å². The van der Waals surface area contributed by atoms with Gasteiger partial charge in [-0.15, -0.1) is 5.10 Å². The van der Waals surface area contributed by atoms with E-state index in [0.717, 1.165) is 27.1 Å². The number of benzene rings is 1. The highest BCUT2D eigenvalue weighted by atomic mass is 32.1. The number of aryl methyl sites for hydroxylation is 1. The van der Waals surface area contributed by atoms with E-state index in [1.165, 1.54) is 11.5 Å². The van der Waals surface area contributed by atoms with Gasteiger partial charge in [0, 0.05) is 24.2 Å². The van der Waals surface area contributed by atoms with Gasteiger partial charge >= 0.3 is 0 Å². The summed E-state index contributed by atoms with van der Waals surface area (Å²) in [7, 11) is 3.59. The van der Waals surface area contributed by atoms with Crippen LogP contribution in [0.3, 0.4) is 0 Å². The molecule has 3 aromatic rings. The highest BCUT2D eigenvalue weighted by Gasteiger charge is 2.26. The van der Waals surface area contributed by atoms with Crippen LogP contribution < -0.4 is 10.2 Å². The van der Waals surface area contributed by atoms with Crippen LogP contribution in [-0.2, 0) is 11.8 Å². The lowest BCUT2D eigenvalue weighted by Gasteiger charge is -2.03. The van der Waals surface area contributed by atoms with Gasteiger partial charge in [-0.25, -0.2) is 5.43 Å². The van der Waals surface area contributed by atoms with Crippen molar-refractivity contribution in [3.05, 3.63) is 46.6 Å². The molecule has 24 heavy (non-hydrogen) atoms. The molecule has 1 aliphatic rings. The maximum atomic E-state index is 12.2. The molecule has 0 saturated heterocycles. The zero-order chi connectivity index (χ0) is 16.7. The summed E-state index contributed by atoms with van der Waals surface area (Å²) in [6.45, 7) is 0. The second-order valence-electron chi connectivity index (χ2n) is 5.29. The molecule has 0 saturated carbocycles. The maximum absolute atomic E-state index is 12.2. The molecule has 8 heteroatoms. The molecular weight excluding hydrogens is 326 g/mol. The Morgan fingerprint density at radius 1 is 1.38 bits per heavy atom. The molecule has 3 heterocycles. The van der Waals surface area contributed by atoms with Gasteiger partial charge in [0.15, 0.2) is 0 Å². The van der Waals surface area contributed by atoms with Crippen molar-refractivity contribution in [3.8, 4) is 5.75 Å².